The topological polar surface area (TPSA) is 66.5 Å². The number of hydrogen-bond acceptors (Lipinski definition) is 4. The van der Waals surface area contributed by atoms with E-state index in [1.807, 2.05) is 0 Å². The van der Waals surface area contributed by atoms with E-state index in [-0.39, 0.29) is 0 Å². The zero-order valence-electron chi connectivity index (χ0n) is 9.13. The molecule has 0 amide bonds. The fourth-order valence-corrected chi connectivity index (χ4v) is 2.19. The minimum absolute atomic E-state index is 0.422. The van der Waals surface area contributed by atoms with Crippen LogP contribution >= 0.6 is 0 Å². The van der Waals surface area contributed by atoms with Gasteiger partial charge in [0.25, 0.3) is 0 Å². The second-order valence-corrected chi connectivity index (χ2v) is 4.87. The summed E-state index contributed by atoms with van der Waals surface area (Å²) < 4.78 is 1.76. The maximum Gasteiger partial charge on any atom is 0.137 e. The first-order valence-electron chi connectivity index (χ1n) is 5.84. The minimum atomic E-state index is -0.422. The number of rotatable bonds is 5. The summed E-state index contributed by atoms with van der Waals surface area (Å²) in [6.07, 6.45) is 7.92. The summed E-state index contributed by atoms with van der Waals surface area (Å²) in [5, 5.41) is 17.1. The number of nitrogens with zero attached hydrogens (tertiary/aromatic N) is 4. The highest BCUT2D eigenvalue weighted by molar-refractivity contribution is 5.16. The van der Waals surface area contributed by atoms with Gasteiger partial charge in [0, 0.05) is 6.04 Å². The number of nitrogens with one attached hydrogen (secondary N) is 1. The van der Waals surface area contributed by atoms with Crippen LogP contribution in [0.1, 0.15) is 25.7 Å². The number of hydrogen-bond donors (Lipinski definition) is 1. The Morgan fingerprint density at radius 3 is 2.75 bits per heavy atom. The van der Waals surface area contributed by atoms with Gasteiger partial charge in [-0.15, -0.1) is 0 Å². The maximum atomic E-state index is 9.49. The lowest BCUT2D eigenvalue weighted by molar-refractivity contribution is 0.302. The van der Waals surface area contributed by atoms with Gasteiger partial charge in [-0.3, -0.25) is 10.00 Å². The Bertz CT molecular complexity index is 399. The van der Waals surface area contributed by atoms with E-state index >= 15 is 0 Å². The van der Waals surface area contributed by atoms with Crippen molar-refractivity contribution in [2.24, 2.45) is 5.92 Å². The predicted octanol–water partition coefficient (Wildman–Crippen LogP) is 0.702. The van der Waals surface area contributed by atoms with Gasteiger partial charge in [-0.2, -0.15) is 10.4 Å². The third kappa shape index (κ3) is 1.81. The Morgan fingerprint density at radius 2 is 2.25 bits per heavy atom. The first-order valence-corrected chi connectivity index (χ1v) is 5.84. The van der Waals surface area contributed by atoms with E-state index in [2.05, 4.69) is 21.5 Å². The lowest BCUT2D eigenvalue weighted by Crippen LogP contribution is -2.50. The van der Waals surface area contributed by atoms with Crippen molar-refractivity contribution in [2.45, 2.75) is 43.8 Å². The van der Waals surface area contributed by atoms with E-state index in [9.17, 15) is 5.26 Å². The van der Waals surface area contributed by atoms with Crippen LogP contribution in [0.4, 0.5) is 0 Å². The van der Waals surface area contributed by atoms with Crippen LogP contribution in [0.15, 0.2) is 12.7 Å². The van der Waals surface area contributed by atoms with Crippen molar-refractivity contribution in [1.29, 1.82) is 5.26 Å². The molecule has 3 rings (SSSR count). The standard InChI is InChI=1S/C11H15N5/c12-5-11(9-1-2-9,15-10-3-4-10)6-16-8-13-7-14-16/h7-10,15H,1-4,6H2. The number of aromatic nitrogens is 3. The third-order valence-electron chi connectivity index (χ3n) is 3.39. The molecule has 1 unspecified atom stereocenters. The zero-order valence-corrected chi connectivity index (χ0v) is 9.13. The van der Waals surface area contributed by atoms with Gasteiger partial charge in [-0.25, -0.2) is 4.98 Å². The summed E-state index contributed by atoms with van der Waals surface area (Å²) in [6.45, 7) is 0.616. The molecule has 0 aliphatic heterocycles. The van der Waals surface area contributed by atoms with Crippen LogP contribution in [0.5, 0.6) is 0 Å². The Balaban J connectivity index is 1.79. The van der Waals surface area contributed by atoms with Crippen molar-refractivity contribution in [2.75, 3.05) is 0 Å². The average molecular weight is 217 g/mol. The zero-order chi connectivity index (χ0) is 11.0. The van der Waals surface area contributed by atoms with E-state index in [1.165, 1.54) is 19.2 Å². The summed E-state index contributed by atoms with van der Waals surface area (Å²) in [5.41, 5.74) is -0.422. The van der Waals surface area contributed by atoms with Gasteiger partial charge in [0.2, 0.25) is 0 Å². The lowest BCUT2D eigenvalue weighted by Gasteiger charge is -2.27. The van der Waals surface area contributed by atoms with Gasteiger partial charge in [-0.1, -0.05) is 0 Å². The summed E-state index contributed by atoms with van der Waals surface area (Å²) >= 11 is 0. The summed E-state index contributed by atoms with van der Waals surface area (Å²) in [7, 11) is 0. The van der Waals surface area contributed by atoms with Crippen molar-refractivity contribution in [1.82, 2.24) is 20.1 Å². The van der Waals surface area contributed by atoms with Crippen molar-refractivity contribution >= 4 is 0 Å². The molecule has 1 aromatic heterocycles. The fourth-order valence-electron chi connectivity index (χ4n) is 2.19. The molecule has 0 saturated heterocycles. The van der Waals surface area contributed by atoms with Gasteiger partial charge >= 0.3 is 0 Å². The SMILES string of the molecule is N#CC(Cn1cncn1)(NC1CC1)C1CC1. The molecule has 0 bridgehead atoms. The second-order valence-electron chi connectivity index (χ2n) is 4.87. The molecule has 0 radical (unpaired) electrons. The van der Waals surface area contributed by atoms with Gasteiger partial charge in [0.15, 0.2) is 0 Å². The first kappa shape index (κ1) is 9.79. The smallest absolute Gasteiger partial charge is 0.137 e. The Morgan fingerprint density at radius 1 is 1.44 bits per heavy atom. The molecule has 84 valence electrons. The van der Waals surface area contributed by atoms with Crippen LogP contribution in [-0.4, -0.2) is 26.3 Å². The molecule has 0 spiro atoms. The fraction of sp³-hybridized carbons (Fsp3) is 0.727. The first-order chi connectivity index (χ1) is 7.82. The van der Waals surface area contributed by atoms with Gasteiger partial charge in [-0.05, 0) is 31.6 Å². The van der Waals surface area contributed by atoms with Gasteiger partial charge < -0.3 is 0 Å². The second kappa shape index (κ2) is 3.56. The molecule has 16 heavy (non-hydrogen) atoms. The molecule has 1 aromatic rings. The Labute approximate surface area is 94.5 Å². The maximum absolute atomic E-state index is 9.49. The van der Waals surface area contributed by atoms with Crippen LogP contribution in [0, 0.1) is 17.2 Å². The predicted molar refractivity (Wildman–Crippen MR) is 57.2 cm³/mol. The molecule has 2 saturated carbocycles. The average Bonchev–Trinajstić information content (AvgIpc) is 3.19. The van der Waals surface area contributed by atoms with E-state index in [1.54, 1.807) is 11.0 Å². The van der Waals surface area contributed by atoms with Crippen LogP contribution in [0.25, 0.3) is 0 Å². The molecular formula is C11H15N5. The van der Waals surface area contributed by atoms with Crippen molar-refractivity contribution in [3.8, 4) is 6.07 Å². The molecule has 1 atom stereocenters. The lowest BCUT2D eigenvalue weighted by atomic mass is 9.94. The van der Waals surface area contributed by atoms with Crippen LogP contribution < -0.4 is 5.32 Å². The van der Waals surface area contributed by atoms with Crippen LogP contribution in [0.3, 0.4) is 0 Å². The summed E-state index contributed by atoms with van der Waals surface area (Å²) in [6, 6.07) is 3.03. The highest BCUT2D eigenvalue weighted by Crippen LogP contribution is 2.42. The van der Waals surface area contributed by atoms with E-state index in [0.29, 0.717) is 18.5 Å². The van der Waals surface area contributed by atoms with Crippen molar-refractivity contribution in [3.63, 3.8) is 0 Å². The molecule has 1 N–H and O–H groups in total. The Kier molecular flexibility index (Phi) is 2.18. The van der Waals surface area contributed by atoms with Gasteiger partial charge in [0.05, 0.1) is 12.6 Å². The van der Waals surface area contributed by atoms with Crippen LogP contribution in [0.2, 0.25) is 0 Å². The molecule has 5 heteroatoms. The minimum Gasteiger partial charge on any atom is -0.295 e. The molecule has 2 aliphatic rings. The highest BCUT2D eigenvalue weighted by atomic mass is 15.3. The summed E-state index contributed by atoms with van der Waals surface area (Å²) in [4.78, 5) is 3.93. The number of nitriles is 1. The Hall–Kier alpha value is -1.41. The van der Waals surface area contributed by atoms with E-state index in [0.717, 1.165) is 12.8 Å². The van der Waals surface area contributed by atoms with Crippen LogP contribution in [-0.2, 0) is 6.54 Å². The highest BCUT2D eigenvalue weighted by Gasteiger charge is 2.48. The molecular weight excluding hydrogens is 202 g/mol. The third-order valence-corrected chi connectivity index (χ3v) is 3.39. The monoisotopic (exact) mass is 217 g/mol. The molecule has 2 aliphatic carbocycles. The van der Waals surface area contributed by atoms with Crippen molar-refractivity contribution < 1.29 is 0 Å². The quantitative estimate of drug-likeness (QED) is 0.788. The van der Waals surface area contributed by atoms with E-state index in [4.69, 9.17) is 0 Å². The normalized spacial score (nSPS) is 23.7. The van der Waals surface area contributed by atoms with Crippen molar-refractivity contribution in [3.05, 3.63) is 12.7 Å². The largest absolute Gasteiger partial charge is 0.295 e. The summed E-state index contributed by atoms with van der Waals surface area (Å²) in [5.74, 6) is 0.488. The molecule has 0 aromatic carbocycles. The van der Waals surface area contributed by atoms with E-state index < -0.39 is 5.54 Å². The molecule has 1 heterocycles. The molecule has 5 nitrogen and oxygen atoms in total. The van der Waals surface area contributed by atoms with Gasteiger partial charge in [0.1, 0.15) is 18.2 Å². The molecule has 2 fully saturated rings.